The molecule has 1 N–H and O–H groups in total. The van der Waals surface area contributed by atoms with Gasteiger partial charge in [-0.2, -0.15) is 0 Å². The van der Waals surface area contributed by atoms with E-state index in [1.165, 1.54) is 7.11 Å². The Morgan fingerprint density at radius 3 is 2.82 bits per heavy atom. The predicted molar refractivity (Wildman–Crippen MR) is 67.8 cm³/mol. The van der Waals surface area contributed by atoms with Crippen molar-refractivity contribution in [3.8, 4) is 0 Å². The number of hydrogen-bond acceptors (Lipinski definition) is 3. The Hall–Kier alpha value is -1.77. The van der Waals surface area contributed by atoms with Crippen LogP contribution < -0.4 is 5.32 Å². The summed E-state index contributed by atoms with van der Waals surface area (Å²) in [7, 11) is 1.43. The first-order valence-electron chi connectivity index (χ1n) is 5.91. The fourth-order valence-corrected chi connectivity index (χ4v) is 2.11. The van der Waals surface area contributed by atoms with Crippen molar-refractivity contribution >= 4 is 11.7 Å². The topological polar surface area (TPSA) is 38.3 Å². The molecule has 3 nitrogen and oxygen atoms in total. The number of benzene rings is 1. The summed E-state index contributed by atoms with van der Waals surface area (Å²) in [5.74, 6) is -0.224. The minimum Gasteiger partial charge on any atom is -0.466 e. The number of ether oxygens (including phenoxy) is 1. The second kappa shape index (κ2) is 5.53. The van der Waals surface area contributed by atoms with E-state index < -0.39 is 0 Å². The van der Waals surface area contributed by atoms with E-state index in [4.69, 9.17) is 4.74 Å². The third kappa shape index (κ3) is 2.87. The van der Waals surface area contributed by atoms with Gasteiger partial charge in [0, 0.05) is 5.69 Å². The van der Waals surface area contributed by atoms with Crippen LogP contribution >= 0.6 is 0 Å². The molecule has 0 aliphatic heterocycles. The first-order chi connectivity index (χ1) is 8.31. The largest absolute Gasteiger partial charge is 0.466 e. The quantitative estimate of drug-likeness (QED) is 0.813. The average molecular weight is 231 g/mol. The number of para-hydroxylation sites is 1. The number of rotatable bonds is 3. The van der Waals surface area contributed by atoms with E-state index in [1.54, 1.807) is 0 Å². The molecule has 0 bridgehead atoms. The first kappa shape index (κ1) is 11.7. The van der Waals surface area contributed by atoms with Crippen LogP contribution in [0, 0.1) is 0 Å². The highest BCUT2D eigenvalue weighted by Crippen LogP contribution is 2.23. The Morgan fingerprint density at radius 1 is 1.35 bits per heavy atom. The minimum absolute atomic E-state index is 0.0681. The van der Waals surface area contributed by atoms with Crippen LogP contribution in [0.4, 0.5) is 5.69 Å². The zero-order chi connectivity index (χ0) is 12.1. The Labute approximate surface area is 101 Å². The lowest BCUT2D eigenvalue weighted by atomic mass is 9.94. The molecule has 1 aromatic rings. The molecule has 0 heterocycles. The van der Waals surface area contributed by atoms with E-state index in [2.05, 4.69) is 5.32 Å². The van der Waals surface area contributed by atoms with E-state index in [-0.39, 0.29) is 12.0 Å². The van der Waals surface area contributed by atoms with Crippen LogP contribution in [0.5, 0.6) is 0 Å². The molecule has 3 heteroatoms. The molecule has 1 aliphatic rings. The van der Waals surface area contributed by atoms with E-state index in [1.807, 2.05) is 36.4 Å². The number of nitrogens with one attached hydrogen (secondary N) is 1. The van der Waals surface area contributed by atoms with Crippen LogP contribution in [-0.2, 0) is 9.53 Å². The van der Waals surface area contributed by atoms with E-state index >= 15 is 0 Å². The summed E-state index contributed by atoms with van der Waals surface area (Å²) >= 11 is 0. The van der Waals surface area contributed by atoms with E-state index in [0.717, 1.165) is 30.5 Å². The molecule has 0 amide bonds. The van der Waals surface area contributed by atoms with Crippen molar-refractivity contribution in [3.63, 3.8) is 0 Å². The lowest BCUT2D eigenvalue weighted by Gasteiger charge is -2.24. The molecule has 2 rings (SSSR count). The van der Waals surface area contributed by atoms with Crippen molar-refractivity contribution < 1.29 is 9.53 Å². The summed E-state index contributed by atoms with van der Waals surface area (Å²) in [6.07, 6.45) is 5.01. The summed E-state index contributed by atoms with van der Waals surface area (Å²) in [5.41, 5.74) is 1.79. The van der Waals surface area contributed by atoms with Gasteiger partial charge in [-0.3, -0.25) is 0 Å². The maximum Gasteiger partial charge on any atom is 0.335 e. The number of allylic oxidation sites excluding steroid dienone is 1. The lowest BCUT2D eigenvalue weighted by molar-refractivity contribution is -0.136. The number of carbonyl (C=O) groups excluding carboxylic acids is 1. The van der Waals surface area contributed by atoms with Crippen molar-refractivity contribution in [2.75, 3.05) is 12.4 Å². The highest BCUT2D eigenvalue weighted by atomic mass is 16.5. The van der Waals surface area contributed by atoms with Gasteiger partial charge in [-0.25, -0.2) is 4.79 Å². The van der Waals surface area contributed by atoms with Gasteiger partial charge < -0.3 is 10.1 Å². The molecule has 1 aliphatic carbocycles. The smallest absolute Gasteiger partial charge is 0.335 e. The van der Waals surface area contributed by atoms with Gasteiger partial charge in [0.2, 0.25) is 0 Å². The maximum atomic E-state index is 11.6. The van der Waals surface area contributed by atoms with Crippen molar-refractivity contribution in [1.82, 2.24) is 0 Å². The number of hydrogen-bond donors (Lipinski definition) is 1. The Kier molecular flexibility index (Phi) is 3.81. The molecule has 0 saturated heterocycles. The Balaban J connectivity index is 2.11. The van der Waals surface area contributed by atoms with Crippen LogP contribution in [0.25, 0.3) is 0 Å². The third-order valence-corrected chi connectivity index (χ3v) is 2.97. The number of esters is 1. The monoisotopic (exact) mass is 231 g/mol. The average Bonchev–Trinajstić information content (AvgIpc) is 2.40. The van der Waals surface area contributed by atoms with Gasteiger partial charge in [-0.15, -0.1) is 0 Å². The van der Waals surface area contributed by atoms with Crippen molar-refractivity contribution in [1.29, 1.82) is 0 Å². The van der Waals surface area contributed by atoms with Gasteiger partial charge in [0.1, 0.15) is 0 Å². The second-order valence-corrected chi connectivity index (χ2v) is 4.14. The van der Waals surface area contributed by atoms with Crippen LogP contribution in [0.15, 0.2) is 42.0 Å². The maximum absolute atomic E-state index is 11.6. The summed E-state index contributed by atoms with van der Waals surface area (Å²) < 4.78 is 4.81. The van der Waals surface area contributed by atoms with Gasteiger partial charge in [-0.1, -0.05) is 24.3 Å². The molecule has 90 valence electrons. The standard InChI is InChI=1S/C14H17NO2/c1-17-14(16)12-9-5-6-10-13(12)15-11-7-3-2-4-8-11/h2-4,7-9,13,15H,5-6,10H2,1H3/t13-/m0/s1. The molecule has 0 fully saturated rings. The SMILES string of the molecule is COC(=O)C1=CCCC[C@@H]1Nc1ccccc1. The van der Waals surface area contributed by atoms with Gasteiger partial charge in [0.25, 0.3) is 0 Å². The van der Waals surface area contributed by atoms with Crippen molar-refractivity contribution in [2.24, 2.45) is 0 Å². The fourth-order valence-electron chi connectivity index (χ4n) is 2.11. The molecule has 0 unspecified atom stereocenters. The highest BCUT2D eigenvalue weighted by Gasteiger charge is 2.23. The molecule has 1 atom stereocenters. The minimum atomic E-state index is -0.224. The zero-order valence-corrected chi connectivity index (χ0v) is 9.98. The van der Waals surface area contributed by atoms with Gasteiger partial charge in [0.05, 0.1) is 18.7 Å². The predicted octanol–water partition coefficient (Wildman–Crippen LogP) is 2.75. The van der Waals surface area contributed by atoms with Crippen molar-refractivity contribution in [2.45, 2.75) is 25.3 Å². The van der Waals surface area contributed by atoms with Crippen LogP contribution in [0.2, 0.25) is 0 Å². The number of carbonyl (C=O) groups is 1. The van der Waals surface area contributed by atoms with Crippen molar-refractivity contribution in [3.05, 3.63) is 42.0 Å². The van der Waals surface area contributed by atoms with Gasteiger partial charge in [0.15, 0.2) is 0 Å². The molecule has 1 aromatic carbocycles. The first-order valence-corrected chi connectivity index (χ1v) is 5.91. The highest BCUT2D eigenvalue weighted by molar-refractivity contribution is 5.90. The third-order valence-electron chi connectivity index (χ3n) is 2.97. The summed E-state index contributed by atoms with van der Waals surface area (Å²) in [4.78, 5) is 11.6. The zero-order valence-electron chi connectivity index (χ0n) is 9.98. The summed E-state index contributed by atoms with van der Waals surface area (Å²) in [5, 5.41) is 3.38. The molecular formula is C14H17NO2. The molecule has 17 heavy (non-hydrogen) atoms. The molecular weight excluding hydrogens is 214 g/mol. The van der Waals surface area contributed by atoms with E-state index in [9.17, 15) is 4.79 Å². The Morgan fingerprint density at radius 2 is 2.12 bits per heavy atom. The van der Waals surface area contributed by atoms with Crippen LogP contribution in [-0.4, -0.2) is 19.1 Å². The number of methoxy groups -OCH3 is 1. The number of anilines is 1. The Bertz CT molecular complexity index is 411. The molecule has 0 spiro atoms. The van der Waals surface area contributed by atoms with Crippen LogP contribution in [0.1, 0.15) is 19.3 Å². The van der Waals surface area contributed by atoms with Crippen LogP contribution in [0.3, 0.4) is 0 Å². The van der Waals surface area contributed by atoms with E-state index in [0.29, 0.717) is 0 Å². The molecule has 0 aromatic heterocycles. The summed E-state index contributed by atoms with van der Waals surface area (Å²) in [6, 6.07) is 10.0. The molecule has 0 radical (unpaired) electrons. The fraction of sp³-hybridized carbons (Fsp3) is 0.357. The second-order valence-electron chi connectivity index (χ2n) is 4.14. The normalized spacial score (nSPS) is 19.4. The van der Waals surface area contributed by atoms with Gasteiger partial charge >= 0.3 is 5.97 Å². The van der Waals surface area contributed by atoms with Gasteiger partial charge in [-0.05, 0) is 31.4 Å². The molecule has 0 saturated carbocycles. The summed E-state index contributed by atoms with van der Waals surface area (Å²) in [6.45, 7) is 0. The lowest BCUT2D eigenvalue weighted by Crippen LogP contribution is -2.29.